The Morgan fingerprint density at radius 1 is 1.37 bits per heavy atom. The maximum atomic E-state index is 9.94. The molecule has 4 nitrogen and oxygen atoms in total. The standard InChI is InChI=1S/C15H24N2O2/c1-11-6-12(10-18)4-5-15(11)17-9-14(19)7-13(17)8-16(2)3/h4-6,13-14,18-19H,7-10H2,1-3H3. The van der Waals surface area contributed by atoms with E-state index in [2.05, 4.69) is 36.9 Å². The molecule has 2 rings (SSSR count). The summed E-state index contributed by atoms with van der Waals surface area (Å²) < 4.78 is 0. The van der Waals surface area contributed by atoms with E-state index in [0.29, 0.717) is 12.6 Å². The van der Waals surface area contributed by atoms with Crippen LogP contribution >= 0.6 is 0 Å². The average Bonchev–Trinajstić information content (AvgIpc) is 2.69. The maximum absolute atomic E-state index is 9.94. The quantitative estimate of drug-likeness (QED) is 0.851. The van der Waals surface area contributed by atoms with Crippen molar-refractivity contribution in [2.24, 2.45) is 0 Å². The van der Waals surface area contributed by atoms with Gasteiger partial charge < -0.3 is 20.0 Å². The third kappa shape index (κ3) is 3.26. The minimum Gasteiger partial charge on any atom is -0.392 e. The van der Waals surface area contributed by atoms with Gasteiger partial charge in [0.1, 0.15) is 0 Å². The minimum atomic E-state index is -0.248. The van der Waals surface area contributed by atoms with Gasteiger partial charge in [0.2, 0.25) is 0 Å². The SMILES string of the molecule is Cc1cc(CO)ccc1N1CC(O)CC1CN(C)C. The van der Waals surface area contributed by atoms with Gasteiger partial charge in [-0.25, -0.2) is 0 Å². The molecule has 1 aliphatic heterocycles. The Kier molecular flexibility index (Phi) is 4.45. The summed E-state index contributed by atoms with van der Waals surface area (Å²) in [5.41, 5.74) is 3.26. The molecule has 0 aromatic heterocycles. The highest BCUT2D eigenvalue weighted by atomic mass is 16.3. The Balaban J connectivity index is 2.23. The van der Waals surface area contributed by atoms with E-state index in [1.54, 1.807) is 0 Å². The molecule has 19 heavy (non-hydrogen) atoms. The Morgan fingerprint density at radius 3 is 2.68 bits per heavy atom. The fourth-order valence-electron chi connectivity index (χ4n) is 2.92. The van der Waals surface area contributed by atoms with Gasteiger partial charge in [-0.1, -0.05) is 12.1 Å². The van der Waals surface area contributed by atoms with Crippen molar-refractivity contribution in [2.45, 2.75) is 32.1 Å². The number of anilines is 1. The lowest BCUT2D eigenvalue weighted by atomic mass is 10.1. The average molecular weight is 264 g/mol. The number of aliphatic hydroxyl groups excluding tert-OH is 2. The van der Waals surface area contributed by atoms with Crippen LogP contribution in [0, 0.1) is 6.92 Å². The van der Waals surface area contributed by atoms with Gasteiger partial charge in [-0.2, -0.15) is 0 Å². The number of hydrogen-bond donors (Lipinski definition) is 2. The zero-order chi connectivity index (χ0) is 14.0. The lowest BCUT2D eigenvalue weighted by Gasteiger charge is -2.30. The molecule has 1 aliphatic rings. The van der Waals surface area contributed by atoms with Crippen LogP contribution in [0.2, 0.25) is 0 Å². The topological polar surface area (TPSA) is 46.9 Å². The summed E-state index contributed by atoms with van der Waals surface area (Å²) in [5.74, 6) is 0. The molecule has 0 saturated carbocycles. The lowest BCUT2D eigenvalue weighted by molar-refractivity contribution is 0.191. The van der Waals surface area contributed by atoms with Gasteiger partial charge in [-0.3, -0.25) is 0 Å². The van der Waals surface area contributed by atoms with Crippen LogP contribution in [-0.2, 0) is 6.61 Å². The van der Waals surface area contributed by atoms with Crippen molar-refractivity contribution in [3.8, 4) is 0 Å². The molecule has 0 bridgehead atoms. The highest BCUT2D eigenvalue weighted by Crippen LogP contribution is 2.29. The van der Waals surface area contributed by atoms with E-state index < -0.39 is 0 Å². The molecule has 2 N–H and O–H groups in total. The number of rotatable bonds is 4. The molecule has 0 aliphatic carbocycles. The van der Waals surface area contributed by atoms with E-state index in [-0.39, 0.29) is 12.7 Å². The number of nitrogens with zero attached hydrogens (tertiary/aromatic N) is 2. The van der Waals surface area contributed by atoms with E-state index in [4.69, 9.17) is 0 Å². The van der Waals surface area contributed by atoms with Gasteiger partial charge in [0.15, 0.2) is 0 Å². The molecular weight excluding hydrogens is 240 g/mol. The third-order valence-electron chi connectivity index (χ3n) is 3.72. The second kappa shape index (κ2) is 5.90. The molecule has 2 unspecified atom stereocenters. The number of β-amino-alcohol motifs (C(OH)–C–C–N with tert-alkyl or cyclic N) is 1. The van der Waals surface area contributed by atoms with Crippen molar-refractivity contribution in [3.05, 3.63) is 29.3 Å². The number of benzene rings is 1. The second-order valence-electron chi connectivity index (χ2n) is 5.74. The molecule has 4 heteroatoms. The first-order valence-corrected chi connectivity index (χ1v) is 6.81. The minimum absolute atomic E-state index is 0.0743. The first-order chi connectivity index (χ1) is 9.01. The van der Waals surface area contributed by atoms with E-state index in [0.717, 1.165) is 24.1 Å². The van der Waals surface area contributed by atoms with Crippen molar-refractivity contribution in [2.75, 3.05) is 32.1 Å². The predicted octanol–water partition coefficient (Wildman–Crippen LogP) is 0.989. The fraction of sp³-hybridized carbons (Fsp3) is 0.600. The maximum Gasteiger partial charge on any atom is 0.0735 e. The van der Waals surface area contributed by atoms with Gasteiger partial charge in [0.25, 0.3) is 0 Å². The molecule has 0 amide bonds. The van der Waals surface area contributed by atoms with E-state index in [1.165, 1.54) is 5.69 Å². The molecule has 1 aromatic carbocycles. The third-order valence-corrected chi connectivity index (χ3v) is 3.72. The molecule has 1 fully saturated rings. The van der Waals surface area contributed by atoms with Crippen molar-refractivity contribution in [1.82, 2.24) is 4.90 Å². The first kappa shape index (κ1) is 14.3. The molecule has 2 atom stereocenters. The molecule has 1 heterocycles. The molecule has 106 valence electrons. The van der Waals surface area contributed by atoms with Gasteiger partial charge in [0, 0.05) is 24.8 Å². The van der Waals surface area contributed by atoms with Gasteiger partial charge >= 0.3 is 0 Å². The lowest BCUT2D eigenvalue weighted by Crippen LogP contribution is -2.37. The largest absolute Gasteiger partial charge is 0.392 e. The smallest absolute Gasteiger partial charge is 0.0735 e. The van der Waals surface area contributed by atoms with Crippen molar-refractivity contribution >= 4 is 5.69 Å². The zero-order valence-electron chi connectivity index (χ0n) is 12.0. The number of aryl methyl sites for hydroxylation is 1. The summed E-state index contributed by atoms with van der Waals surface area (Å²) in [7, 11) is 4.12. The van der Waals surface area contributed by atoms with Crippen molar-refractivity contribution < 1.29 is 10.2 Å². The van der Waals surface area contributed by atoms with Crippen LogP contribution in [0.3, 0.4) is 0 Å². The van der Waals surface area contributed by atoms with Crippen LogP contribution in [0.25, 0.3) is 0 Å². The highest BCUT2D eigenvalue weighted by molar-refractivity contribution is 5.56. The normalized spacial score (nSPS) is 23.4. The second-order valence-corrected chi connectivity index (χ2v) is 5.74. The van der Waals surface area contributed by atoms with Gasteiger partial charge in [-0.15, -0.1) is 0 Å². The summed E-state index contributed by atoms with van der Waals surface area (Å²) in [6, 6.07) is 6.39. The first-order valence-electron chi connectivity index (χ1n) is 6.81. The van der Waals surface area contributed by atoms with Crippen LogP contribution in [0.15, 0.2) is 18.2 Å². The molecule has 0 radical (unpaired) electrons. The van der Waals surface area contributed by atoms with Crippen LogP contribution < -0.4 is 4.90 Å². The number of aliphatic hydroxyl groups is 2. The zero-order valence-corrected chi connectivity index (χ0v) is 12.0. The molecule has 0 spiro atoms. The van der Waals surface area contributed by atoms with E-state index in [9.17, 15) is 10.2 Å². The fourth-order valence-corrected chi connectivity index (χ4v) is 2.92. The van der Waals surface area contributed by atoms with Crippen LogP contribution in [0.4, 0.5) is 5.69 Å². The van der Waals surface area contributed by atoms with Crippen LogP contribution in [-0.4, -0.2) is 54.4 Å². The monoisotopic (exact) mass is 264 g/mol. The van der Waals surface area contributed by atoms with Crippen LogP contribution in [0.5, 0.6) is 0 Å². The Labute approximate surface area is 115 Å². The van der Waals surface area contributed by atoms with Crippen molar-refractivity contribution in [3.63, 3.8) is 0 Å². The number of hydrogen-bond acceptors (Lipinski definition) is 4. The van der Waals surface area contributed by atoms with Gasteiger partial charge in [0.05, 0.1) is 12.7 Å². The summed E-state index contributed by atoms with van der Waals surface area (Å²) >= 11 is 0. The number of likely N-dealkylation sites (N-methyl/N-ethyl adjacent to an activating group) is 1. The van der Waals surface area contributed by atoms with E-state index >= 15 is 0 Å². The summed E-state index contributed by atoms with van der Waals surface area (Å²) in [6.07, 6.45) is 0.571. The summed E-state index contributed by atoms with van der Waals surface area (Å²) in [4.78, 5) is 4.45. The Morgan fingerprint density at radius 2 is 2.11 bits per heavy atom. The molecule has 1 saturated heterocycles. The van der Waals surface area contributed by atoms with Crippen molar-refractivity contribution in [1.29, 1.82) is 0 Å². The van der Waals surface area contributed by atoms with Crippen LogP contribution in [0.1, 0.15) is 17.5 Å². The summed E-state index contributed by atoms with van der Waals surface area (Å²) in [5, 5.41) is 19.1. The Bertz CT molecular complexity index is 434. The Hall–Kier alpha value is -1.10. The van der Waals surface area contributed by atoms with E-state index in [1.807, 2.05) is 12.1 Å². The van der Waals surface area contributed by atoms with Gasteiger partial charge in [-0.05, 0) is 44.6 Å². The molecule has 1 aromatic rings. The summed E-state index contributed by atoms with van der Waals surface area (Å²) in [6.45, 7) is 3.77. The molecular formula is C15H24N2O2. The highest BCUT2D eigenvalue weighted by Gasteiger charge is 2.31. The predicted molar refractivity (Wildman–Crippen MR) is 77.4 cm³/mol.